The SMILES string of the molecule is CN1C(C(=O)NC2CC(NC(=O)COc3ccc(Cl)c(F)c3)C3CC2C3)CCC1S(N)(=O)=O. The number of fused-ring (bicyclic) bond motifs is 2. The van der Waals surface area contributed by atoms with Crippen LogP contribution >= 0.6 is 11.6 Å². The van der Waals surface area contributed by atoms with Gasteiger partial charge in [0.15, 0.2) is 6.61 Å². The smallest absolute Gasteiger partial charge is 0.258 e. The monoisotopic (exact) mass is 502 g/mol. The summed E-state index contributed by atoms with van der Waals surface area (Å²) in [6.45, 7) is -0.257. The molecular weight excluding hydrogens is 475 g/mol. The van der Waals surface area contributed by atoms with Crippen molar-refractivity contribution in [2.45, 2.75) is 55.6 Å². The highest BCUT2D eigenvalue weighted by molar-refractivity contribution is 7.89. The van der Waals surface area contributed by atoms with Gasteiger partial charge in [0.2, 0.25) is 15.9 Å². The number of likely N-dealkylation sites (tertiary alicyclic amines) is 1. The molecule has 1 aliphatic heterocycles. The summed E-state index contributed by atoms with van der Waals surface area (Å²) in [6.07, 6.45) is 3.14. The van der Waals surface area contributed by atoms with E-state index in [2.05, 4.69) is 10.6 Å². The van der Waals surface area contributed by atoms with Crippen molar-refractivity contribution in [2.75, 3.05) is 13.7 Å². The first kappa shape index (κ1) is 24.2. The molecule has 1 saturated heterocycles. The van der Waals surface area contributed by atoms with E-state index in [9.17, 15) is 22.4 Å². The highest BCUT2D eigenvalue weighted by Crippen LogP contribution is 2.46. The Hall–Kier alpha value is -1.95. The second-order valence-electron chi connectivity index (χ2n) is 9.18. The molecule has 33 heavy (non-hydrogen) atoms. The fourth-order valence-corrected chi connectivity index (χ4v) is 6.43. The maximum Gasteiger partial charge on any atom is 0.258 e. The van der Waals surface area contributed by atoms with Crippen molar-refractivity contribution < 1.29 is 27.1 Å². The molecule has 0 aromatic heterocycles. The topological polar surface area (TPSA) is 131 Å². The predicted octanol–water partition coefficient (Wildman–Crippen LogP) is 0.966. The number of halogens is 2. The quantitative estimate of drug-likeness (QED) is 0.509. The lowest BCUT2D eigenvalue weighted by molar-refractivity contribution is -0.128. The van der Waals surface area contributed by atoms with Crippen molar-refractivity contribution in [3.8, 4) is 5.75 Å². The number of nitrogens with zero attached hydrogens (tertiary/aromatic N) is 1. The van der Waals surface area contributed by atoms with Gasteiger partial charge in [-0.2, -0.15) is 0 Å². The highest BCUT2D eigenvalue weighted by atomic mass is 35.5. The van der Waals surface area contributed by atoms with Crippen LogP contribution in [0.4, 0.5) is 4.39 Å². The minimum atomic E-state index is -3.75. The van der Waals surface area contributed by atoms with Crippen LogP contribution in [-0.4, -0.2) is 62.3 Å². The lowest BCUT2D eigenvalue weighted by atomic mass is 9.60. The van der Waals surface area contributed by atoms with Crippen molar-refractivity contribution in [1.29, 1.82) is 0 Å². The van der Waals surface area contributed by atoms with Gasteiger partial charge < -0.3 is 15.4 Å². The Morgan fingerprint density at radius 2 is 1.85 bits per heavy atom. The van der Waals surface area contributed by atoms with Crippen LogP contribution < -0.4 is 20.5 Å². The Labute approximate surface area is 197 Å². The van der Waals surface area contributed by atoms with Crippen molar-refractivity contribution in [3.63, 3.8) is 0 Å². The maximum absolute atomic E-state index is 13.5. The Bertz CT molecular complexity index is 1040. The molecule has 2 amide bonds. The average molecular weight is 503 g/mol. The number of hydrogen-bond acceptors (Lipinski definition) is 6. The minimum Gasteiger partial charge on any atom is -0.484 e. The molecule has 3 aliphatic carbocycles. The molecule has 4 atom stereocenters. The molecule has 1 aromatic rings. The Morgan fingerprint density at radius 1 is 1.18 bits per heavy atom. The predicted molar refractivity (Wildman–Crippen MR) is 119 cm³/mol. The van der Waals surface area contributed by atoms with Gasteiger partial charge in [-0.15, -0.1) is 0 Å². The molecule has 9 nitrogen and oxygen atoms in total. The van der Waals surface area contributed by atoms with E-state index in [1.165, 1.54) is 17.0 Å². The van der Waals surface area contributed by atoms with Crippen LogP contribution in [-0.2, 0) is 19.6 Å². The maximum atomic E-state index is 13.5. The molecule has 4 fully saturated rings. The first-order chi connectivity index (χ1) is 15.5. The number of sulfonamides is 1. The molecule has 2 bridgehead atoms. The van der Waals surface area contributed by atoms with Gasteiger partial charge in [0.05, 0.1) is 11.1 Å². The van der Waals surface area contributed by atoms with Gasteiger partial charge in [0.1, 0.15) is 16.9 Å². The van der Waals surface area contributed by atoms with E-state index in [0.717, 1.165) is 18.9 Å². The number of primary sulfonamides is 1. The third-order valence-corrected chi connectivity index (χ3v) is 8.74. The summed E-state index contributed by atoms with van der Waals surface area (Å²) in [5.41, 5.74) is 0. The lowest BCUT2D eigenvalue weighted by Gasteiger charge is -2.51. The van der Waals surface area contributed by atoms with E-state index in [0.29, 0.717) is 31.1 Å². The fourth-order valence-electron chi connectivity index (χ4n) is 5.24. The zero-order chi connectivity index (χ0) is 23.9. The van der Waals surface area contributed by atoms with Gasteiger partial charge in [0, 0.05) is 18.2 Å². The molecular formula is C21H28ClFN4O5S. The number of rotatable bonds is 7. The molecule has 182 valence electrons. The van der Waals surface area contributed by atoms with Crippen LogP contribution in [0.1, 0.15) is 32.1 Å². The van der Waals surface area contributed by atoms with Crippen molar-refractivity contribution in [1.82, 2.24) is 15.5 Å². The van der Waals surface area contributed by atoms with Gasteiger partial charge >= 0.3 is 0 Å². The molecule has 4 N–H and O–H groups in total. The number of likely N-dealkylation sites (N-methyl/N-ethyl adjacent to an activating group) is 1. The van der Waals surface area contributed by atoms with Crippen LogP contribution in [0, 0.1) is 17.7 Å². The van der Waals surface area contributed by atoms with E-state index >= 15 is 0 Å². The zero-order valence-electron chi connectivity index (χ0n) is 18.2. The second-order valence-corrected chi connectivity index (χ2v) is 11.3. The number of amides is 2. The summed E-state index contributed by atoms with van der Waals surface area (Å²) in [5.74, 6) is -0.246. The first-order valence-electron chi connectivity index (χ1n) is 10.9. The van der Waals surface area contributed by atoms with E-state index in [-0.39, 0.29) is 41.3 Å². The first-order valence-corrected chi connectivity index (χ1v) is 12.9. The Balaban J connectivity index is 1.28. The average Bonchev–Trinajstić information content (AvgIpc) is 3.10. The Morgan fingerprint density at radius 3 is 2.45 bits per heavy atom. The summed E-state index contributed by atoms with van der Waals surface area (Å²) in [6, 6.07) is 3.23. The lowest BCUT2D eigenvalue weighted by Crippen LogP contribution is -2.61. The summed E-state index contributed by atoms with van der Waals surface area (Å²) < 4.78 is 42.3. The number of carbonyl (C=O) groups excluding carboxylic acids is 2. The van der Waals surface area contributed by atoms with Gasteiger partial charge in [-0.05, 0) is 63.1 Å². The molecule has 3 saturated carbocycles. The van der Waals surface area contributed by atoms with E-state index in [4.69, 9.17) is 21.5 Å². The van der Waals surface area contributed by atoms with E-state index in [1.54, 1.807) is 7.05 Å². The number of benzene rings is 1. The number of nitrogens with two attached hydrogens (primary N) is 1. The zero-order valence-corrected chi connectivity index (χ0v) is 19.7. The molecule has 1 aromatic carbocycles. The number of hydrogen-bond donors (Lipinski definition) is 3. The molecule has 4 unspecified atom stereocenters. The van der Waals surface area contributed by atoms with Crippen LogP contribution in [0.2, 0.25) is 5.02 Å². The fraction of sp³-hybridized carbons (Fsp3) is 0.619. The van der Waals surface area contributed by atoms with Crippen molar-refractivity contribution >= 4 is 33.4 Å². The van der Waals surface area contributed by atoms with Gasteiger partial charge in [0.25, 0.3) is 5.91 Å². The molecule has 5 rings (SSSR count). The third-order valence-electron chi connectivity index (χ3n) is 7.11. The van der Waals surface area contributed by atoms with Gasteiger partial charge in [-0.1, -0.05) is 11.6 Å². The van der Waals surface area contributed by atoms with E-state index in [1.807, 2.05) is 0 Å². The van der Waals surface area contributed by atoms with Crippen LogP contribution in [0.25, 0.3) is 0 Å². The number of nitrogens with one attached hydrogen (secondary N) is 2. The molecule has 0 radical (unpaired) electrons. The molecule has 0 spiro atoms. The summed E-state index contributed by atoms with van der Waals surface area (Å²) in [5, 5.41) is 10.4. The third kappa shape index (κ3) is 5.26. The molecule has 12 heteroatoms. The van der Waals surface area contributed by atoms with Crippen LogP contribution in [0.3, 0.4) is 0 Å². The minimum absolute atomic E-state index is 0.0226. The normalized spacial score (nSPS) is 31.5. The standard InChI is InChI=1S/C21H28ClFN4O5S/c1-27-18(4-5-20(27)33(24,30)31)21(29)26-17-9-16(11-6-12(17)7-11)25-19(28)10-32-13-2-3-14(22)15(23)8-13/h2-3,8,11-12,16-18,20H,4-7,9-10H2,1H3,(H,25,28)(H,26,29)(H2,24,30,31). The second kappa shape index (κ2) is 9.36. The van der Waals surface area contributed by atoms with Gasteiger partial charge in [-0.3, -0.25) is 14.5 Å². The highest BCUT2D eigenvalue weighted by Gasteiger charge is 2.48. The number of carbonyl (C=O) groups is 2. The summed E-state index contributed by atoms with van der Waals surface area (Å²) >= 11 is 5.64. The van der Waals surface area contributed by atoms with Crippen molar-refractivity contribution in [2.24, 2.45) is 17.0 Å². The Kier molecular flexibility index (Phi) is 6.86. The summed E-state index contributed by atoms with van der Waals surface area (Å²) in [7, 11) is -2.15. The molecule has 1 heterocycles. The van der Waals surface area contributed by atoms with Gasteiger partial charge in [-0.25, -0.2) is 17.9 Å². The summed E-state index contributed by atoms with van der Waals surface area (Å²) in [4.78, 5) is 26.8. The van der Waals surface area contributed by atoms with Crippen LogP contribution in [0.5, 0.6) is 5.75 Å². The van der Waals surface area contributed by atoms with Crippen LogP contribution in [0.15, 0.2) is 18.2 Å². The number of ether oxygens (including phenoxy) is 1. The van der Waals surface area contributed by atoms with E-state index < -0.39 is 27.3 Å². The van der Waals surface area contributed by atoms with Crippen molar-refractivity contribution in [3.05, 3.63) is 29.0 Å². The largest absolute Gasteiger partial charge is 0.484 e. The molecule has 4 aliphatic rings.